The number of hydrazone groups is 1. The van der Waals surface area contributed by atoms with Crippen molar-refractivity contribution in [1.29, 1.82) is 0 Å². The average molecular weight is 584 g/mol. The Bertz CT molecular complexity index is 1670. The van der Waals surface area contributed by atoms with Crippen LogP contribution >= 0.6 is 23.2 Å². The summed E-state index contributed by atoms with van der Waals surface area (Å²) in [7, 11) is -4.02. The number of hydrogen-bond acceptors (Lipinski definition) is 4. The average Bonchev–Trinajstić information content (AvgIpc) is 3.18. The molecule has 0 aliphatic rings. The van der Waals surface area contributed by atoms with Gasteiger partial charge in [0.2, 0.25) is 0 Å². The van der Waals surface area contributed by atoms with Crippen molar-refractivity contribution in [3.63, 3.8) is 0 Å². The number of aryl methyl sites for hydroxylation is 3. The number of nitrogens with zero attached hydrogens (tertiary/aromatic N) is 3. The van der Waals surface area contributed by atoms with Gasteiger partial charge in [0.25, 0.3) is 15.9 Å². The van der Waals surface area contributed by atoms with E-state index in [1.165, 1.54) is 18.3 Å². The van der Waals surface area contributed by atoms with Crippen molar-refractivity contribution >= 4 is 51.0 Å². The summed E-state index contributed by atoms with van der Waals surface area (Å²) in [4.78, 5) is 13.1. The zero-order valence-corrected chi connectivity index (χ0v) is 24.3. The molecule has 4 rings (SSSR count). The summed E-state index contributed by atoms with van der Waals surface area (Å²) in [5.74, 6) is -0.585. The molecule has 1 N–H and O–H groups in total. The highest BCUT2D eigenvalue weighted by Gasteiger charge is 2.28. The molecule has 0 fully saturated rings. The minimum atomic E-state index is -4.02. The van der Waals surface area contributed by atoms with E-state index < -0.39 is 22.5 Å². The standard InChI is InChI=1S/C29H28Cl2N4O3S/c1-19-10-11-20(2)27(14-19)34(39(37,38)25-8-6-5-7-9-25)18-29(36)33-32-17-23-15-21(3)35(22(23)4)28-16-24(30)12-13-26(28)31/h5-17H,18H2,1-4H3,(H,33,36)/b32-17-. The van der Waals surface area contributed by atoms with E-state index in [1.54, 1.807) is 49.4 Å². The van der Waals surface area contributed by atoms with E-state index in [0.717, 1.165) is 38.1 Å². The second kappa shape index (κ2) is 11.7. The van der Waals surface area contributed by atoms with Crippen LogP contribution in [-0.2, 0) is 14.8 Å². The minimum Gasteiger partial charge on any atom is -0.316 e. The van der Waals surface area contributed by atoms with Crippen molar-refractivity contribution in [1.82, 2.24) is 9.99 Å². The Labute approximate surface area is 238 Å². The van der Waals surface area contributed by atoms with Crippen LogP contribution in [0.15, 0.2) is 82.8 Å². The number of rotatable bonds is 8. The molecule has 3 aromatic carbocycles. The van der Waals surface area contributed by atoms with Crippen LogP contribution in [0, 0.1) is 27.7 Å². The van der Waals surface area contributed by atoms with Crippen LogP contribution in [0.4, 0.5) is 5.69 Å². The summed E-state index contributed by atoms with van der Waals surface area (Å²) in [5.41, 5.74) is 7.74. The molecule has 4 aromatic rings. The van der Waals surface area contributed by atoms with Gasteiger partial charge in [-0.05, 0) is 81.3 Å². The van der Waals surface area contributed by atoms with E-state index in [4.69, 9.17) is 23.2 Å². The number of aromatic nitrogens is 1. The lowest BCUT2D eigenvalue weighted by Gasteiger charge is -2.25. The van der Waals surface area contributed by atoms with Gasteiger partial charge in [-0.15, -0.1) is 0 Å². The van der Waals surface area contributed by atoms with Gasteiger partial charge in [-0.1, -0.05) is 53.5 Å². The maximum Gasteiger partial charge on any atom is 0.264 e. The number of carbonyl (C=O) groups is 1. The van der Waals surface area contributed by atoms with Gasteiger partial charge in [-0.3, -0.25) is 9.10 Å². The molecule has 39 heavy (non-hydrogen) atoms. The lowest BCUT2D eigenvalue weighted by Crippen LogP contribution is -2.40. The molecule has 0 radical (unpaired) electrons. The second-order valence-electron chi connectivity index (χ2n) is 9.17. The lowest BCUT2D eigenvalue weighted by molar-refractivity contribution is -0.119. The Morgan fingerprint density at radius 1 is 0.974 bits per heavy atom. The number of sulfonamides is 1. The van der Waals surface area contributed by atoms with Gasteiger partial charge < -0.3 is 4.57 Å². The summed E-state index contributed by atoms with van der Waals surface area (Å²) >= 11 is 12.6. The van der Waals surface area contributed by atoms with Gasteiger partial charge in [0.05, 0.1) is 27.5 Å². The highest BCUT2D eigenvalue weighted by molar-refractivity contribution is 7.92. The van der Waals surface area contributed by atoms with Gasteiger partial charge in [0.15, 0.2) is 0 Å². The first-order valence-corrected chi connectivity index (χ1v) is 14.3. The quantitative estimate of drug-likeness (QED) is 0.194. The summed E-state index contributed by atoms with van der Waals surface area (Å²) in [6, 6.07) is 20.7. The Kier molecular flexibility index (Phi) is 8.49. The van der Waals surface area contributed by atoms with E-state index in [2.05, 4.69) is 10.5 Å². The van der Waals surface area contributed by atoms with Crippen LogP contribution in [0.5, 0.6) is 0 Å². The first-order valence-electron chi connectivity index (χ1n) is 12.1. The van der Waals surface area contributed by atoms with Gasteiger partial charge in [-0.2, -0.15) is 5.10 Å². The highest BCUT2D eigenvalue weighted by Crippen LogP contribution is 2.29. The molecule has 1 aromatic heterocycles. The van der Waals surface area contributed by atoms with Crippen molar-refractivity contribution in [3.05, 3.63) is 111 Å². The molecule has 0 unspecified atom stereocenters. The zero-order chi connectivity index (χ0) is 28.3. The molecular formula is C29H28Cl2N4O3S. The van der Waals surface area contributed by atoms with Crippen molar-refractivity contribution in [2.75, 3.05) is 10.8 Å². The number of halogens is 2. The fraction of sp³-hybridized carbons (Fsp3) is 0.172. The molecule has 7 nitrogen and oxygen atoms in total. The molecule has 0 bridgehead atoms. The van der Waals surface area contributed by atoms with Gasteiger partial charge >= 0.3 is 0 Å². The molecule has 1 amide bonds. The fourth-order valence-corrected chi connectivity index (χ4v) is 6.16. The summed E-state index contributed by atoms with van der Waals surface area (Å²) in [6.07, 6.45) is 1.52. The smallest absolute Gasteiger partial charge is 0.264 e. The van der Waals surface area contributed by atoms with Crippen molar-refractivity contribution in [2.45, 2.75) is 32.6 Å². The van der Waals surface area contributed by atoms with Gasteiger partial charge in [0, 0.05) is 22.0 Å². The first kappa shape index (κ1) is 28.4. The Morgan fingerprint density at radius 2 is 1.69 bits per heavy atom. The molecule has 0 saturated heterocycles. The molecule has 0 saturated carbocycles. The van der Waals surface area contributed by atoms with E-state index >= 15 is 0 Å². The summed E-state index contributed by atoms with van der Waals surface area (Å²) in [5, 5.41) is 5.22. The SMILES string of the molecule is Cc1ccc(C)c(N(CC(=O)N/N=C\c2cc(C)n(-c3cc(Cl)ccc3Cl)c2C)S(=O)(=O)c2ccccc2)c1. The number of nitrogens with one attached hydrogen (secondary N) is 1. The third-order valence-electron chi connectivity index (χ3n) is 6.26. The van der Waals surface area contributed by atoms with E-state index in [1.807, 2.05) is 43.5 Å². The minimum absolute atomic E-state index is 0.0920. The monoisotopic (exact) mass is 582 g/mol. The molecule has 0 atom stereocenters. The van der Waals surface area contributed by atoms with Crippen LogP contribution in [-0.4, -0.2) is 31.7 Å². The van der Waals surface area contributed by atoms with Crippen LogP contribution in [0.25, 0.3) is 5.69 Å². The van der Waals surface area contributed by atoms with Gasteiger partial charge in [0.1, 0.15) is 6.54 Å². The normalized spacial score (nSPS) is 11.6. The van der Waals surface area contributed by atoms with Crippen molar-refractivity contribution in [2.24, 2.45) is 5.10 Å². The summed E-state index contributed by atoms with van der Waals surface area (Å²) < 4.78 is 30.2. The van der Waals surface area contributed by atoms with Crippen molar-refractivity contribution < 1.29 is 13.2 Å². The predicted octanol–water partition coefficient (Wildman–Crippen LogP) is 6.36. The maximum absolute atomic E-state index is 13.6. The number of amides is 1. The largest absolute Gasteiger partial charge is 0.316 e. The molecule has 202 valence electrons. The zero-order valence-electron chi connectivity index (χ0n) is 21.9. The molecular weight excluding hydrogens is 555 g/mol. The third-order valence-corrected chi connectivity index (χ3v) is 8.59. The van der Waals surface area contributed by atoms with E-state index in [9.17, 15) is 13.2 Å². The van der Waals surface area contributed by atoms with Crippen LogP contribution < -0.4 is 9.73 Å². The number of anilines is 1. The lowest BCUT2D eigenvalue weighted by atomic mass is 10.1. The van der Waals surface area contributed by atoms with Crippen LogP contribution in [0.2, 0.25) is 10.0 Å². The molecule has 1 heterocycles. The Morgan fingerprint density at radius 3 is 2.41 bits per heavy atom. The topological polar surface area (TPSA) is 83.8 Å². The molecule has 0 spiro atoms. The van der Waals surface area contributed by atoms with Crippen molar-refractivity contribution in [3.8, 4) is 5.69 Å². The third kappa shape index (κ3) is 6.19. The maximum atomic E-state index is 13.6. The predicted molar refractivity (Wildman–Crippen MR) is 158 cm³/mol. The van der Waals surface area contributed by atoms with Gasteiger partial charge in [-0.25, -0.2) is 13.8 Å². The molecule has 10 heteroatoms. The Balaban J connectivity index is 1.59. The first-order chi connectivity index (χ1) is 18.5. The number of hydrogen-bond donors (Lipinski definition) is 1. The van der Waals surface area contributed by atoms with E-state index in [0.29, 0.717) is 15.7 Å². The molecule has 0 aliphatic heterocycles. The Hall–Kier alpha value is -3.59. The highest BCUT2D eigenvalue weighted by atomic mass is 35.5. The second-order valence-corrected chi connectivity index (χ2v) is 11.9. The van der Waals surface area contributed by atoms with Crippen LogP contribution in [0.1, 0.15) is 28.1 Å². The molecule has 0 aliphatic carbocycles. The summed E-state index contributed by atoms with van der Waals surface area (Å²) in [6.45, 7) is 7.06. The van der Waals surface area contributed by atoms with Crippen LogP contribution in [0.3, 0.4) is 0 Å². The number of benzene rings is 3. The number of carbonyl (C=O) groups excluding carboxylic acids is 1. The van der Waals surface area contributed by atoms with E-state index in [-0.39, 0.29) is 4.90 Å². The fourth-order valence-electron chi connectivity index (χ4n) is 4.29.